The maximum Gasteiger partial charge on any atom is 0.183 e. The van der Waals surface area contributed by atoms with Crippen LogP contribution in [0.2, 0.25) is 0 Å². The molecule has 0 aliphatic carbocycles. The standard InChI is InChI=1S/C20H20N2OS2/c1-13(2)12-17-18(22-20(25-17)19-21-10-11-24-19)16(23)9-8-15-6-4-14(3)5-7-15/h4-7,10-12H,8-9H2,1-3H3. The Balaban J connectivity index is 1.82. The largest absolute Gasteiger partial charge is 0.292 e. The number of ketones is 1. The molecule has 0 amide bonds. The zero-order chi connectivity index (χ0) is 17.8. The van der Waals surface area contributed by atoms with Crippen molar-refractivity contribution < 1.29 is 4.79 Å². The van der Waals surface area contributed by atoms with Crippen molar-refractivity contribution in [3.63, 3.8) is 0 Å². The summed E-state index contributed by atoms with van der Waals surface area (Å²) >= 11 is 3.08. The molecule has 1 aromatic carbocycles. The minimum atomic E-state index is 0.0899. The number of hydrogen-bond acceptors (Lipinski definition) is 5. The van der Waals surface area contributed by atoms with Crippen LogP contribution in [0.4, 0.5) is 0 Å². The molecule has 3 aromatic rings. The highest BCUT2D eigenvalue weighted by Crippen LogP contribution is 2.31. The van der Waals surface area contributed by atoms with Crippen LogP contribution in [0.5, 0.6) is 0 Å². The number of benzene rings is 1. The van der Waals surface area contributed by atoms with Crippen LogP contribution in [0.15, 0.2) is 41.4 Å². The first kappa shape index (κ1) is 17.7. The summed E-state index contributed by atoms with van der Waals surface area (Å²) in [6.45, 7) is 6.13. The van der Waals surface area contributed by atoms with Gasteiger partial charge in [0.05, 0.1) is 4.88 Å². The van der Waals surface area contributed by atoms with Gasteiger partial charge >= 0.3 is 0 Å². The van der Waals surface area contributed by atoms with E-state index < -0.39 is 0 Å². The molecule has 3 rings (SSSR count). The molecule has 0 saturated carbocycles. The van der Waals surface area contributed by atoms with Crippen molar-refractivity contribution in [1.82, 2.24) is 9.97 Å². The van der Waals surface area contributed by atoms with E-state index in [0.29, 0.717) is 12.1 Å². The number of aryl methyl sites for hydroxylation is 2. The summed E-state index contributed by atoms with van der Waals surface area (Å²) in [6.07, 6.45) is 5.00. The van der Waals surface area contributed by atoms with Crippen molar-refractivity contribution in [1.29, 1.82) is 0 Å². The maximum absolute atomic E-state index is 12.8. The number of thiazole rings is 2. The quantitative estimate of drug-likeness (QED) is 0.515. The van der Waals surface area contributed by atoms with E-state index in [1.807, 2.05) is 25.3 Å². The Hall–Kier alpha value is -2.11. The summed E-state index contributed by atoms with van der Waals surface area (Å²) in [6, 6.07) is 8.33. The van der Waals surface area contributed by atoms with Crippen molar-refractivity contribution in [3.8, 4) is 10.0 Å². The van der Waals surface area contributed by atoms with E-state index in [1.165, 1.54) is 22.5 Å². The maximum atomic E-state index is 12.8. The summed E-state index contributed by atoms with van der Waals surface area (Å²) in [5.74, 6) is 0.0899. The van der Waals surface area contributed by atoms with Gasteiger partial charge in [0, 0.05) is 18.0 Å². The predicted octanol–water partition coefficient (Wildman–Crippen LogP) is 5.81. The first-order chi connectivity index (χ1) is 12.0. The molecule has 0 spiro atoms. The van der Waals surface area contributed by atoms with E-state index in [2.05, 4.69) is 41.2 Å². The summed E-state index contributed by atoms with van der Waals surface area (Å²) < 4.78 is 0. The summed E-state index contributed by atoms with van der Waals surface area (Å²) in [7, 11) is 0. The van der Waals surface area contributed by atoms with Gasteiger partial charge in [-0.1, -0.05) is 35.4 Å². The number of aromatic nitrogens is 2. The van der Waals surface area contributed by atoms with E-state index in [4.69, 9.17) is 0 Å². The van der Waals surface area contributed by atoms with Crippen molar-refractivity contribution in [2.45, 2.75) is 33.6 Å². The summed E-state index contributed by atoms with van der Waals surface area (Å²) in [5.41, 5.74) is 4.14. The molecule has 0 aliphatic rings. The average Bonchev–Trinajstić information content (AvgIpc) is 3.23. The normalized spacial score (nSPS) is 10.7. The van der Waals surface area contributed by atoms with Gasteiger partial charge in [-0.15, -0.1) is 22.7 Å². The third-order valence-electron chi connectivity index (χ3n) is 3.71. The second-order valence-corrected chi connectivity index (χ2v) is 8.12. The number of nitrogens with zero attached hydrogens (tertiary/aromatic N) is 2. The third-order valence-corrected chi connectivity index (χ3v) is 5.63. The molecule has 128 valence electrons. The Labute approximate surface area is 156 Å². The molecule has 2 aromatic heterocycles. The number of allylic oxidation sites excluding steroid dienone is 1. The molecular formula is C20H20N2OS2. The lowest BCUT2D eigenvalue weighted by Gasteiger charge is -2.02. The molecule has 0 saturated heterocycles. The topological polar surface area (TPSA) is 42.9 Å². The van der Waals surface area contributed by atoms with Crippen molar-refractivity contribution >= 4 is 34.5 Å². The van der Waals surface area contributed by atoms with Gasteiger partial charge in [0.1, 0.15) is 5.69 Å². The van der Waals surface area contributed by atoms with E-state index in [1.54, 1.807) is 17.5 Å². The first-order valence-corrected chi connectivity index (χ1v) is 9.87. The third kappa shape index (κ3) is 4.50. The van der Waals surface area contributed by atoms with Crippen LogP contribution < -0.4 is 0 Å². The SMILES string of the molecule is CC(C)=Cc1sc(-c2nccs2)nc1C(=O)CCc1ccc(C)cc1. The lowest BCUT2D eigenvalue weighted by molar-refractivity contribution is 0.0978. The highest BCUT2D eigenvalue weighted by Gasteiger charge is 2.18. The van der Waals surface area contributed by atoms with E-state index in [9.17, 15) is 4.79 Å². The van der Waals surface area contributed by atoms with Gasteiger partial charge in [-0.2, -0.15) is 0 Å². The second kappa shape index (κ2) is 7.85. The van der Waals surface area contributed by atoms with Crippen molar-refractivity contribution in [3.05, 3.63) is 63.1 Å². The smallest absolute Gasteiger partial charge is 0.183 e. The van der Waals surface area contributed by atoms with Gasteiger partial charge in [-0.3, -0.25) is 4.79 Å². The van der Waals surface area contributed by atoms with Gasteiger partial charge in [-0.25, -0.2) is 9.97 Å². The molecule has 0 bridgehead atoms. The number of hydrogen-bond donors (Lipinski definition) is 0. The fourth-order valence-electron chi connectivity index (χ4n) is 2.44. The molecule has 5 heteroatoms. The molecule has 0 N–H and O–H groups in total. The Morgan fingerprint density at radius 3 is 2.56 bits per heavy atom. The highest BCUT2D eigenvalue weighted by molar-refractivity contribution is 7.21. The van der Waals surface area contributed by atoms with Crippen molar-refractivity contribution in [2.75, 3.05) is 0 Å². The Kier molecular flexibility index (Phi) is 5.56. The van der Waals surface area contributed by atoms with Gasteiger partial charge < -0.3 is 0 Å². The number of carbonyl (C=O) groups excluding carboxylic acids is 1. The van der Waals surface area contributed by atoms with E-state index in [0.717, 1.165) is 26.9 Å². The van der Waals surface area contributed by atoms with Crippen LogP contribution in [0.3, 0.4) is 0 Å². The van der Waals surface area contributed by atoms with Crippen LogP contribution in [-0.2, 0) is 6.42 Å². The predicted molar refractivity (Wildman–Crippen MR) is 106 cm³/mol. The average molecular weight is 369 g/mol. The van der Waals surface area contributed by atoms with E-state index >= 15 is 0 Å². The first-order valence-electron chi connectivity index (χ1n) is 8.17. The number of rotatable bonds is 6. The van der Waals surface area contributed by atoms with Gasteiger partial charge in [0.2, 0.25) is 0 Å². The number of carbonyl (C=O) groups is 1. The fraction of sp³-hybridized carbons (Fsp3) is 0.250. The molecule has 0 aliphatic heterocycles. The van der Waals surface area contributed by atoms with Crippen molar-refractivity contribution in [2.24, 2.45) is 0 Å². The van der Waals surface area contributed by atoms with Crippen LogP contribution in [0.1, 0.15) is 46.8 Å². The summed E-state index contributed by atoms with van der Waals surface area (Å²) in [4.78, 5) is 22.6. The molecule has 3 nitrogen and oxygen atoms in total. The minimum Gasteiger partial charge on any atom is -0.292 e. The van der Waals surface area contributed by atoms with Crippen LogP contribution in [0, 0.1) is 6.92 Å². The zero-order valence-corrected chi connectivity index (χ0v) is 16.2. The Bertz CT molecular complexity index is 886. The monoisotopic (exact) mass is 368 g/mol. The lowest BCUT2D eigenvalue weighted by Crippen LogP contribution is -2.03. The number of Topliss-reactive ketones (excluding diaryl/α,β-unsaturated/α-hetero) is 1. The Morgan fingerprint density at radius 2 is 1.92 bits per heavy atom. The van der Waals surface area contributed by atoms with Crippen LogP contribution in [0.25, 0.3) is 16.1 Å². The fourth-order valence-corrected chi connectivity index (χ4v) is 4.27. The highest BCUT2D eigenvalue weighted by atomic mass is 32.1. The molecule has 25 heavy (non-hydrogen) atoms. The molecule has 0 unspecified atom stereocenters. The second-order valence-electron chi connectivity index (χ2n) is 6.20. The summed E-state index contributed by atoms with van der Waals surface area (Å²) in [5, 5.41) is 3.61. The van der Waals surface area contributed by atoms with E-state index in [-0.39, 0.29) is 5.78 Å². The molecule has 0 atom stereocenters. The molecular weight excluding hydrogens is 348 g/mol. The molecule has 0 radical (unpaired) electrons. The van der Waals surface area contributed by atoms with Gasteiger partial charge in [-0.05, 0) is 38.8 Å². The van der Waals surface area contributed by atoms with Gasteiger partial charge in [0.25, 0.3) is 0 Å². The minimum absolute atomic E-state index is 0.0899. The zero-order valence-electron chi connectivity index (χ0n) is 14.6. The lowest BCUT2D eigenvalue weighted by atomic mass is 10.0. The molecule has 2 heterocycles. The van der Waals surface area contributed by atoms with Crippen LogP contribution in [-0.4, -0.2) is 15.8 Å². The molecule has 0 fully saturated rings. The van der Waals surface area contributed by atoms with Gasteiger partial charge in [0.15, 0.2) is 15.8 Å². The Morgan fingerprint density at radius 1 is 1.16 bits per heavy atom. The van der Waals surface area contributed by atoms with Crippen LogP contribution >= 0.6 is 22.7 Å².